The molecule has 1 fully saturated rings. The highest BCUT2D eigenvalue weighted by molar-refractivity contribution is 5.77. The Kier molecular flexibility index (Phi) is 5.21. The van der Waals surface area contributed by atoms with Crippen molar-refractivity contribution in [2.75, 3.05) is 37.7 Å². The van der Waals surface area contributed by atoms with Gasteiger partial charge in [0.15, 0.2) is 5.82 Å². The molecule has 1 aromatic rings. The average Bonchev–Trinajstić information content (AvgIpc) is 2.47. The summed E-state index contributed by atoms with van der Waals surface area (Å²) in [5, 5.41) is 8.25. The van der Waals surface area contributed by atoms with Crippen LogP contribution in [0.15, 0.2) is 12.1 Å². The maximum absolute atomic E-state index is 12.2. The van der Waals surface area contributed by atoms with E-state index in [-0.39, 0.29) is 11.3 Å². The quantitative estimate of drug-likeness (QED) is 0.851. The number of hydrogen-bond donors (Lipinski definition) is 0. The molecular formula is C16H26N4O2. The maximum atomic E-state index is 12.2. The van der Waals surface area contributed by atoms with Crippen LogP contribution in [0.5, 0.6) is 5.88 Å². The van der Waals surface area contributed by atoms with Gasteiger partial charge in [-0.05, 0) is 18.4 Å². The Bertz CT molecular complexity index is 488. The number of anilines is 1. The Morgan fingerprint density at radius 2 is 1.86 bits per heavy atom. The molecule has 1 amide bonds. The fraction of sp³-hybridized carbons (Fsp3) is 0.688. The summed E-state index contributed by atoms with van der Waals surface area (Å²) in [5.41, 5.74) is 0.0365. The molecular weight excluding hydrogens is 280 g/mol. The molecule has 6 nitrogen and oxygen atoms in total. The first-order chi connectivity index (χ1) is 10.4. The first-order valence-electron chi connectivity index (χ1n) is 7.88. The van der Waals surface area contributed by atoms with Crippen LogP contribution >= 0.6 is 0 Å². The molecule has 1 aliphatic heterocycles. The molecule has 0 aromatic carbocycles. The van der Waals surface area contributed by atoms with Crippen LogP contribution in [0.3, 0.4) is 0 Å². The largest absolute Gasteiger partial charge is 0.477 e. The van der Waals surface area contributed by atoms with Crippen LogP contribution in [0.2, 0.25) is 0 Å². The Morgan fingerprint density at radius 1 is 1.18 bits per heavy atom. The van der Waals surface area contributed by atoms with Gasteiger partial charge in [-0.2, -0.15) is 0 Å². The number of amides is 1. The second-order valence-corrected chi connectivity index (χ2v) is 6.77. The maximum Gasteiger partial charge on any atom is 0.233 e. The summed E-state index contributed by atoms with van der Waals surface area (Å²) in [6.45, 7) is 11.8. The van der Waals surface area contributed by atoms with Gasteiger partial charge in [-0.15, -0.1) is 10.2 Å². The van der Waals surface area contributed by atoms with E-state index >= 15 is 0 Å². The van der Waals surface area contributed by atoms with Crippen LogP contribution in [0, 0.1) is 5.41 Å². The van der Waals surface area contributed by atoms with Crippen molar-refractivity contribution < 1.29 is 9.53 Å². The summed E-state index contributed by atoms with van der Waals surface area (Å²) in [5.74, 6) is 1.63. The molecule has 0 N–H and O–H groups in total. The zero-order chi connectivity index (χ0) is 16.2. The highest BCUT2D eigenvalue weighted by Crippen LogP contribution is 2.21. The molecule has 0 saturated carbocycles. The zero-order valence-corrected chi connectivity index (χ0v) is 14.0. The summed E-state index contributed by atoms with van der Waals surface area (Å²) in [6, 6.07) is 3.76. The smallest absolute Gasteiger partial charge is 0.233 e. The molecule has 0 bridgehead atoms. The van der Waals surface area contributed by atoms with E-state index in [0.29, 0.717) is 18.9 Å². The molecule has 0 spiro atoms. The molecule has 22 heavy (non-hydrogen) atoms. The van der Waals surface area contributed by atoms with E-state index in [0.717, 1.165) is 32.0 Å². The number of ether oxygens (including phenoxy) is 1. The van der Waals surface area contributed by atoms with Gasteiger partial charge in [0.25, 0.3) is 0 Å². The van der Waals surface area contributed by atoms with Gasteiger partial charge in [-0.3, -0.25) is 4.79 Å². The zero-order valence-electron chi connectivity index (χ0n) is 14.0. The number of nitrogens with zero attached hydrogens (tertiary/aromatic N) is 4. The molecule has 122 valence electrons. The number of rotatable bonds is 4. The Hall–Kier alpha value is -1.85. The topological polar surface area (TPSA) is 58.6 Å². The van der Waals surface area contributed by atoms with E-state index in [2.05, 4.69) is 35.9 Å². The predicted octanol–water partition coefficient (Wildman–Crippen LogP) is 1.96. The minimum absolute atomic E-state index is 0.0365. The van der Waals surface area contributed by atoms with E-state index in [1.165, 1.54) is 0 Å². The SMILES string of the molecule is CCOc1ccc(N2CCN(C(=O)CC(C)(C)C)CC2)nn1. The van der Waals surface area contributed by atoms with E-state index in [9.17, 15) is 4.79 Å². The molecule has 0 radical (unpaired) electrons. The predicted molar refractivity (Wildman–Crippen MR) is 86.1 cm³/mol. The van der Waals surface area contributed by atoms with Gasteiger partial charge in [0.1, 0.15) is 0 Å². The molecule has 2 rings (SSSR count). The van der Waals surface area contributed by atoms with Crippen molar-refractivity contribution in [3.8, 4) is 5.88 Å². The number of carbonyl (C=O) groups excluding carboxylic acids is 1. The van der Waals surface area contributed by atoms with Gasteiger partial charge >= 0.3 is 0 Å². The van der Waals surface area contributed by atoms with Gasteiger partial charge in [-0.25, -0.2) is 0 Å². The third-order valence-corrected chi connectivity index (χ3v) is 3.56. The van der Waals surface area contributed by atoms with Gasteiger partial charge in [0.05, 0.1) is 6.61 Å². The lowest BCUT2D eigenvalue weighted by Gasteiger charge is -2.36. The fourth-order valence-electron chi connectivity index (χ4n) is 2.46. The Balaban J connectivity index is 1.87. The number of aromatic nitrogens is 2. The van der Waals surface area contributed by atoms with E-state index in [4.69, 9.17) is 4.74 Å². The molecule has 0 aliphatic carbocycles. The normalized spacial score (nSPS) is 15.8. The Morgan fingerprint density at radius 3 is 2.36 bits per heavy atom. The summed E-state index contributed by atoms with van der Waals surface area (Å²) >= 11 is 0. The lowest BCUT2D eigenvalue weighted by Crippen LogP contribution is -2.49. The van der Waals surface area contributed by atoms with Crippen molar-refractivity contribution in [1.29, 1.82) is 0 Å². The molecule has 2 heterocycles. The fourth-order valence-corrected chi connectivity index (χ4v) is 2.46. The number of carbonyl (C=O) groups is 1. The highest BCUT2D eigenvalue weighted by Gasteiger charge is 2.25. The molecule has 1 saturated heterocycles. The van der Waals surface area contributed by atoms with E-state index in [1.54, 1.807) is 0 Å². The van der Waals surface area contributed by atoms with E-state index in [1.807, 2.05) is 24.0 Å². The van der Waals surface area contributed by atoms with E-state index < -0.39 is 0 Å². The van der Waals surface area contributed by atoms with Crippen LogP contribution in [0.4, 0.5) is 5.82 Å². The van der Waals surface area contributed by atoms with Crippen LogP contribution < -0.4 is 9.64 Å². The molecule has 1 aliphatic rings. The standard InChI is InChI=1S/C16H26N4O2/c1-5-22-14-7-6-13(17-18-14)19-8-10-20(11-9-19)15(21)12-16(2,3)4/h6-7H,5,8-12H2,1-4H3. The summed E-state index contributed by atoms with van der Waals surface area (Å²) < 4.78 is 5.30. The first kappa shape index (κ1) is 16.5. The van der Waals surface area contributed by atoms with Crippen LogP contribution in [-0.4, -0.2) is 53.8 Å². The van der Waals surface area contributed by atoms with Crippen molar-refractivity contribution in [1.82, 2.24) is 15.1 Å². The highest BCUT2D eigenvalue weighted by atomic mass is 16.5. The van der Waals surface area contributed by atoms with Crippen molar-refractivity contribution in [3.05, 3.63) is 12.1 Å². The summed E-state index contributed by atoms with van der Waals surface area (Å²) in [4.78, 5) is 16.3. The van der Waals surface area contributed by atoms with Crippen molar-refractivity contribution in [2.24, 2.45) is 5.41 Å². The third-order valence-electron chi connectivity index (χ3n) is 3.56. The van der Waals surface area contributed by atoms with Gasteiger partial charge in [0, 0.05) is 38.7 Å². The van der Waals surface area contributed by atoms with Crippen LogP contribution in [0.25, 0.3) is 0 Å². The molecule has 1 aromatic heterocycles. The second-order valence-electron chi connectivity index (χ2n) is 6.77. The van der Waals surface area contributed by atoms with Gasteiger partial charge in [0.2, 0.25) is 11.8 Å². The third kappa shape index (κ3) is 4.58. The van der Waals surface area contributed by atoms with Crippen molar-refractivity contribution in [3.63, 3.8) is 0 Å². The average molecular weight is 306 g/mol. The van der Waals surface area contributed by atoms with Crippen LogP contribution in [0.1, 0.15) is 34.1 Å². The molecule has 0 atom stereocenters. The molecule has 6 heteroatoms. The van der Waals surface area contributed by atoms with Crippen molar-refractivity contribution in [2.45, 2.75) is 34.1 Å². The Labute approximate surface area is 132 Å². The molecule has 0 unspecified atom stereocenters. The summed E-state index contributed by atoms with van der Waals surface area (Å²) in [7, 11) is 0. The minimum Gasteiger partial charge on any atom is -0.477 e. The number of hydrogen-bond acceptors (Lipinski definition) is 5. The van der Waals surface area contributed by atoms with Crippen molar-refractivity contribution >= 4 is 11.7 Å². The second kappa shape index (κ2) is 6.94. The first-order valence-corrected chi connectivity index (χ1v) is 7.88. The van der Waals surface area contributed by atoms with Crippen LogP contribution in [-0.2, 0) is 4.79 Å². The van der Waals surface area contributed by atoms with Gasteiger partial charge < -0.3 is 14.5 Å². The summed E-state index contributed by atoms with van der Waals surface area (Å²) in [6.07, 6.45) is 0.593. The monoisotopic (exact) mass is 306 g/mol. The minimum atomic E-state index is 0.0365. The van der Waals surface area contributed by atoms with Gasteiger partial charge in [-0.1, -0.05) is 20.8 Å². The lowest BCUT2D eigenvalue weighted by atomic mass is 9.91. The lowest BCUT2D eigenvalue weighted by molar-refractivity contribution is -0.133. The number of piperazine rings is 1.